The molecule has 1 aliphatic carbocycles. The Morgan fingerprint density at radius 1 is 1.12 bits per heavy atom. The van der Waals surface area contributed by atoms with Gasteiger partial charge < -0.3 is 14.8 Å². The third-order valence-electron chi connectivity index (χ3n) is 6.68. The zero-order chi connectivity index (χ0) is 23.8. The van der Waals surface area contributed by atoms with Crippen LogP contribution in [0, 0.1) is 12.8 Å². The van der Waals surface area contributed by atoms with Crippen LogP contribution in [0.15, 0.2) is 18.2 Å². The summed E-state index contributed by atoms with van der Waals surface area (Å²) in [5, 5.41) is 12.0. The number of ether oxygens (including phenoxy) is 2. The molecule has 34 heavy (non-hydrogen) atoms. The number of hydrogen-bond acceptors (Lipinski definition) is 7. The first-order valence-electron chi connectivity index (χ1n) is 12.7. The van der Waals surface area contributed by atoms with Crippen molar-refractivity contribution in [3.8, 4) is 5.75 Å². The molecule has 1 N–H and O–H groups in total. The third-order valence-corrected chi connectivity index (χ3v) is 6.68. The fourth-order valence-corrected chi connectivity index (χ4v) is 4.85. The lowest BCUT2D eigenvalue weighted by Crippen LogP contribution is -2.12. The molecule has 0 saturated heterocycles. The predicted octanol–water partition coefficient (Wildman–Crippen LogP) is 5.12. The number of unbranched alkanes of at least 4 members (excludes halogenated alkanes) is 2. The SMILES string of the molecule is COCCOc1ccc2c(c1)nc(NCCCCCC(=O)CC1CCCCC1)c1nnc(C)n12. The van der Waals surface area contributed by atoms with Crippen molar-refractivity contribution in [3.05, 3.63) is 24.0 Å². The van der Waals surface area contributed by atoms with E-state index in [9.17, 15) is 4.79 Å². The number of aromatic nitrogens is 4. The van der Waals surface area contributed by atoms with Crippen LogP contribution in [0.5, 0.6) is 5.75 Å². The molecule has 4 rings (SSSR count). The summed E-state index contributed by atoms with van der Waals surface area (Å²) in [7, 11) is 1.66. The molecule has 1 aliphatic rings. The number of methoxy groups -OCH3 is 1. The maximum Gasteiger partial charge on any atom is 0.204 e. The van der Waals surface area contributed by atoms with Crippen molar-refractivity contribution in [2.75, 3.05) is 32.2 Å². The second kappa shape index (κ2) is 12.1. The first kappa shape index (κ1) is 24.4. The van der Waals surface area contributed by atoms with Crippen LogP contribution in [-0.4, -0.2) is 52.2 Å². The van der Waals surface area contributed by atoms with Crippen LogP contribution in [0.25, 0.3) is 16.7 Å². The topological polar surface area (TPSA) is 90.6 Å². The highest BCUT2D eigenvalue weighted by atomic mass is 16.5. The maximum atomic E-state index is 12.3. The standard InChI is InChI=1S/C26H37N5O3/c1-19-29-30-26-25(27-14-8-4-7-11-21(32)17-20-9-5-3-6-10-20)28-23-18-22(34-16-15-33-2)12-13-24(23)31(19)26/h12-13,18,20H,3-11,14-17H2,1-2H3,(H,27,28). The lowest BCUT2D eigenvalue weighted by atomic mass is 9.85. The average Bonchev–Trinajstić information content (AvgIpc) is 3.24. The molecule has 8 nitrogen and oxygen atoms in total. The zero-order valence-electron chi connectivity index (χ0n) is 20.5. The highest BCUT2D eigenvalue weighted by Crippen LogP contribution is 2.27. The van der Waals surface area contributed by atoms with Crippen molar-refractivity contribution < 1.29 is 14.3 Å². The number of ketones is 1. The summed E-state index contributed by atoms with van der Waals surface area (Å²) in [4.78, 5) is 17.1. The number of nitrogens with one attached hydrogen (secondary N) is 1. The number of nitrogens with zero attached hydrogens (tertiary/aromatic N) is 4. The van der Waals surface area contributed by atoms with Crippen LogP contribution >= 0.6 is 0 Å². The molecule has 0 aliphatic heterocycles. The van der Waals surface area contributed by atoms with Crippen molar-refractivity contribution in [1.82, 2.24) is 19.6 Å². The quantitative estimate of drug-likeness (QED) is 0.349. The van der Waals surface area contributed by atoms with Gasteiger partial charge in [-0.1, -0.05) is 38.5 Å². The Kier molecular flexibility index (Phi) is 8.68. The number of carbonyl (C=O) groups is 1. The molecule has 0 unspecified atom stereocenters. The maximum absolute atomic E-state index is 12.3. The number of hydrogen-bond donors (Lipinski definition) is 1. The van der Waals surface area contributed by atoms with E-state index < -0.39 is 0 Å². The fraction of sp³-hybridized carbons (Fsp3) is 0.615. The molecule has 184 valence electrons. The van der Waals surface area contributed by atoms with Gasteiger partial charge in [-0.25, -0.2) is 4.98 Å². The first-order valence-corrected chi connectivity index (χ1v) is 12.7. The summed E-state index contributed by atoms with van der Waals surface area (Å²) in [6.45, 7) is 3.75. The summed E-state index contributed by atoms with van der Waals surface area (Å²) < 4.78 is 12.8. The molecule has 3 aromatic rings. The van der Waals surface area contributed by atoms with Gasteiger partial charge in [0.05, 0.1) is 17.6 Å². The second-order valence-electron chi connectivity index (χ2n) is 9.34. The van der Waals surface area contributed by atoms with E-state index in [-0.39, 0.29) is 0 Å². The Morgan fingerprint density at radius 3 is 2.79 bits per heavy atom. The predicted molar refractivity (Wildman–Crippen MR) is 134 cm³/mol. The minimum Gasteiger partial charge on any atom is -0.491 e. The highest BCUT2D eigenvalue weighted by Gasteiger charge is 2.17. The van der Waals surface area contributed by atoms with Gasteiger partial charge >= 0.3 is 0 Å². The molecule has 1 aromatic carbocycles. The third kappa shape index (κ3) is 6.23. The van der Waals surface area contributed by atoms with E-state index in [1.165, 1.54) is 32.1 Å². The molecule has 0 bridgehead atoms. The molecule has 8 heteroatoms. The van der Waals surface area contributed by atoms with Crippen molar-refractivity contribution >= 4 is 28.3 Å². The monoisotopic (exact) mass is 467 g/mol. The molecule has 0 amide bonds. The number of carbonyl (C=O) groups excluding carboxylic acids is 1. The Hall–Kier alpha value is -2.74. The van der Waals surface area contributed by atoms with Crippen LogP contribution in [0.1, 0.15) is 70.0 Å². The summed E-state index contributed by atoms with van der Waals surface area (Å²) in [6, 6.07) is 5.86. The van der Waals surface area contributed by atoms with Gasteiger partial charge in [0.25, 0.3) is 0 Å². The van der Waals surface area contributed by atoms with Crippen molar-refractivity contribution in [2.24, 2.45) is 5.92 Å². The average molecular weight is 468 g/mol. The van der Waals surface area contributed by atoms with E-state index in [0.717, 1.165) is 66.3 Å². The molecule has 1 fully saturated rings. The zero-order valence-corrected chi connectivity index (χ0v) is 20.5. The number of Topliss-reactive ketones (excluding diaryl/α,β-unsaturated/α-hetero) is 1. The van der Waals surface area contributed by atoms with Crippen LogP contribution < -0.4 is 10.1 Å². The molecule has 1 saturated carbocycles. The van der Waals surface area contributed by atoms with E-state index in [4.69, 9.17) is 14.5 Å². The van der Waals surface area contributed by atoms with Crippen LogP contribution in [0.2, 0.25) is 0 Å². The first-order chi connectivity index (χ1) is 16.7. The van der Waals surface area contributed by atoms with Crippen molar-refractivity contribution in [1.29, 1.82) is 0 Å². The van der Waals surface area contributed by atoms with E-state index >= 15 is 0 Å². The minimum atomic E-state index is 0.445. The van der Waals surface area contributed by atoms with Crippen LogP contribution in [-0.2, 0) is 9.53 Å². The van der Waals surface area contributed by atoms with Gasteiger partial charge in [0.2, 0.25) is 5.65 Å². The highest BCUT2D eigenvalue weighted by molar-refractivity contribution is 5.84. The van der Waals surface area contributed by atoms with Crippen molar-refractivity contribution in [3.63, 3.8) is 0 Å². The van der Waals surface area contributed by atoms with Gasteiger partial charge in [-0.2, -0.15) is 0 Å². The number of anilines is 1. The lowest BCUT2D eigenvalue weighted by molar-refractivity contribution is -0.120. The van der Waals surface area contributed by atoms with Gasteiger partial charge in [-0.05, 0) is 37.8 Å². The lowest BCUT2D eigenvalue weighted by Gasteiger charge is -2.20. The van der Waals surface area contributed by atoms with Gasteiger partial charge in [0, 0.05) is 32.6 Å². The van der Waals surface area contributed by atoms with Crippen LogP contribution in [0.3, 0.4) is 0 Å². The Balaban J connectivity index is 1.31. The molecule has 0 atom stereocenters. The van der Waals surface area contributed by atoms with Gasteiger partial charge in [0.15, 0.2) is 5.82 Å². The molecule has 0 spiro atoms. The summed E-state index contributed by atoms with van der Waals surface area (Å²) in [6.07, 6.45) is 10.9. The van der Waals surface area contributed by atoms with Gasteiger partial charge in [-0.15, -0.1) is 10.2 Å². The Labute approximate surface area is 201 Å². The normalized spacial score (nSPS) is 14.6. The van der Waals surface area contributed by atoms with E-state index in [1.54, 1.807) is 7.11 Å². The Bertz CT molecular complexity index is 1090. The molecular weight excluding hydrogens is 430 g/mol. The van der Waals surface area contributed by atoms with Crippen LogP contribution in [0.4, 0.5) is 5.82 Å². The smallest absolute Gasteiger partial charge is 0.204 e. The molecule has 2 aromatic heterocycles. The van der Waals surface area contributed by atoms with Gasteiger partial charge in [-0.3, -0.25) is 9.20 Å². The van der Waals surface area contributed by atoms with E-state index in [0.29, 0.717) is 31.3 Å². The second-order valence-corrected chi connectivity index (χ2v) is 9.34. The number of rotatable bonds is 13. The largest absolute Gasteiger partial charge is 0.491 e. The molecule has 0 radical (unpaired) electrons. The van der Waals surface area contributed by atoms with E-state index in [1.807, 2.05) is 29.5 Å². The van der Waals surface area contributed by atoms with E-state index in [2.05, 4.69) is 15.5 Å². The fourth-order valence-electron chi connectivity index (χ4n) is 4.85. The molecule has 2 heterocycles. The van der Waals surface area contributed by atoms with Gasteiger partial charge in [0.1, 0.15) is 24.0 Å². The molecular formula is C26H37N5O3. The summed E-state index contributed by atoms with van der Waals surface area (Å²) >= 11 is 0. The Morgan fingerprint density at radius 2 is 1.97 bits per heavy atom. The number of aryl methyl sites for hydroxylation is 1. The number of benzene rings is 1. The minimum absolute atomic E-state index is 0.445. The summed E-state index contributed by atoms with van der Waals surface area (Å²) in [5.41, 5.74) is 2.49. The number of fused-ring (bicyclic) bond motifs is 3. The van der Waals surface area contributed by atoms with Crippen molar-refractivity contribution in [2.45, 2.75) is 71.1 Å². The summed E-state index contributed by atoms with van der Waals surface area (Å²) in [5.74, 6) is 3.37.